The molecule has 0 aliphatic carbocycles. The lowest BCUT2D eigenvalue weighted by atomic mass is 10.0. The Morgan fingerprint density at radius 1 is 1.11 bits per heavy atom. The van der Waals surface area contributed by atoms with E-state index in [0.717, 1.165) is 24.4 Å². The highest BCUT2D eigenvalue weighted by molar-refractivity contribution is 6.30. The van der Waals surface area contributed by atoms with E-state index in [4.69, 9.17) is 11.6 Å². The smallest absolute Gasteiger partial charge is 0.0406 e. The summed E-state index contributed by atoms with van der Waals surface area (Å²) in [5.41, 5.74) is 2.61. The summed E-state index contributed by atoms with van der Waals surface area (Å²) in [5, 5.41) is 4.38. The van der Waals surface area contributed by atoms with Crippen LogP contribution >= 0.6 is 11.6 Å². The van der Waals surface area contributed by atoms with Gasteiger partial charge in [0.25, 0.3) is 0 Å². The Labute approximate surface area is 119 Å². The van der Waals surface area contributed by atoms with Crippen molar-refractivity contribution >= 4 is 11.6 Å². The van der Waals surface area contributed by atoms with Crippen molar-refractivity contribution in [3.8, 4) is 0 Å². The maximum Gasteiger partial charge on any atom is 0.0406 e. The van der Waals surface area contributed by atoms with Crippen molar-refractivity contribution in [2.75, 3.05) is 6.54 Å². The van der Waals surface area contributed by atoms with Crippen molar-refractivity contribution < 1.29 is 0 Å². The summed E-state index contributed by atoms with van der Waals surface area (Å²) >= 11 is 5.92. The van der Waals surface area contributed by atoms with Gasteiger partial charge >= 0.3 is 0 Å². The van der Waals surface area contributed by atoms with Gasteiger partial charge in [-0.25, -0.2) is 0 Å². The van der Waals surface area contributed by atoms with Gasteiger partial charge in [-0.2, -0.15) is 0 Å². The van der Waals surface area contributed by atoms with Gasteiger partial charge < -0.3 is 5.32 Å². The van der Waals surface area contributed by atoms with E-state index < -0.39 is 0 Å². The third-order valence-electron chi connectivity index (χ3n) is 3.23. The molecule has 0 saturated carbocycles. The van der Waals surface area contributed by atoms with Crippen LogP contribution in [0.1, 0.15) is 30.5 Å². The van der Waals surface area contributed by atoms with Gasteiger partial charge in [0.2, 0.25) is 0 Å². The Kier molecular flexibility index (Phi) is 5.37. The zero-order valence-corrected chi connectivity index (χ0v) is 11.9. The predicted octanol–water partition coefficient (Wildman–Crippen LogP) is 4.02. The lowest BCUT2D eigenvalue weighted by Crippen LogP contribution is -2.23. The second-order valence-electron chi connectivity index (χ2n) is 4.57. The molecular formula is C16H19ClN2. The van der Waals surface area contributed by atoms with Gasteiger partial charge in [-0.3, -0.25) is 4.98 Å². The largest absolute Gasteiger partial charge is 0.310 e. The number of pyridine rings is 1. The number of halogens is 1. The molecular weight excluding hydrogens is 256 g/mol. The molecule has 1 heterocycles. The van der Waals surface area contributed by atoms with Crippen molar-refractivity contribution in [3.63, 3.8) is 0 Å². The molecule has 100 valence electrons. The normalized spacial score (nSPS) is 12.3. The standard InChI is InChI=1S/C16H19ClN2/c1-2-16(14-3-5-15(17)6-4-14)19-12-9-13-7-10-18-11-8-13/h3-8,10-11,16,19H,2,9,12H2,1H3. The molecule has 0 radical (unpaired) electrons. The van der Waals surface area contributed by atoms with Crippen molar-refractivity contribution in [2.24, 2.45) is 0 Å². The fourth-order valence-corrected chi connectivity index (χ4v) is 2.26. The molecule has 0 saturated heterocycles. The molecule has 2 rings (SSSR count). The molecule has 0 spiro atoms. The molecule has 3 heteroatoms. The summed E-state index contributed by atoms with van der Waals surface area (Å²) < 4.78 is 0. The second-order valence-corrected chi connectivity index (χ2v) is 5.01. The summed E-state index contributed by atoms with van der Waals surface area (Å²) in [6.07, 6.45) is 5.77. The van der Waals surface area contributed by atoms with E-state index in [9.17, 15) is 0 Å². The van der Waals surface area contributed by atoms with E-state index in [1.807, 2.05) is 24.5 Å². The lowest BCUT2D eigenvalue weighted by molar-refractivity contribution is 0.522. The summed E-state index contributed by atoms with van der Waals surface area (Å²) in [6, 6.07) is 12.6. The van der Waals surface area contributed by atoms with Crippen molar-refractivity contribution in [1.29, 1.82) is 0 Å². The second kappa shape index (κ2) is 7.27. The topological polar surface area (TPSA) is 24.9 Å². The maximum absolute atomic E-state index is 5.92. The first kappa shape index (κ1) is 14.0. The summed E-state index contributed by atoms with van der Waals surface area (Å²) in [7, 11) is 0. The van der Waals surface area contributed by atoms with E-state index in [1.165, 1.54) is 11.1 Å². The first-order valence-electron chi connectivity index (χ1n) is 6.67. The van der Waals surface area contributed by atoms with Crippen LogP contribution in [0.3, 0.4) is 0 Å². The van der Waals surface area contributed by atoms with Gasteiger partial charge in [0.15, 0.2) is 0 Å². The number of aromatic nitrogens is 1. The van der Waals surface area contributed by atoms with E-state index in [2.05, 4.69) is 41.5 Å². The lowest BCUT2D eigenvalue weighted by Gasteiger charge is -2.17. The van der Waals surface area contributed by atoms with Crippen LogP contribution < -0.4 is 5.32 Å². The average Bonchev–Trinajstić information content (AvgIpc) is 2.46. The van der Waals surface area contributed by atoms with Crippen LogP contribution in [0.5, 0.6) is 0 Å². The van der Waals surface area contributed by atoms with E-state index >= 15 is 0 Å². The Morgan fingerprint density at radius 3 is 2.42 bits per heavy atom. The van der Waals surface area contributed by atoms with Crippen molar-refractivity contribution in [3.05, 3.63) is 64.9 Å². The van der Waals surface area contributed by atoms with Crippen LogP contribution in [-0.4, -0.2) is 11.5 Å². The fourth-order valence-electron chi connectivity index (χ4n) is 2.13. The molecule has 1 aromatic carbocycles. The average molecular weight is 275 g/mol. The van der Waals surface area contributed by atoms with Gasteiger partial charge in [0.1, 0.15) is 0 Å². The van der Waals surface area contributed by atoms with Crippen LogP contribution in [0.4, 0.5) is 0 Å². The molecule has 1 N–H and O–H groups in total. The molecule has 2 aromatic rings. The van der Waals surface area contributed by atoms with Crippen LogP contribution in [0, 0.1) is 0 Å². The van der Waals surface area contributed by atoms with Gasteiger partial charge in [-0.15, -0.1) is 0 Å². The summed E-state index contributed by atoms with van der Waals surface area (Å²) in [4.78, 5) is 4.03. The summed E-state index contributed by atoms with van der Waals surface area (Å²) in [6.45, 7) is 3.16. The minimum Gasteiger partial charge on any atom is -0.310 e. The van der Waals surface area contributed by atoms with Gasteiger partial charge in [-0.05, 0) is 54.8 Å². The zero-order valence-electron chi connectivity index (χ0n) is 11.1. The van der Waals surface area contributed by atoms with E-state index in [-0.39, 0.29) is 0 Å². The van der Waals surface area contributed by atoms with E-state index in [1.54, 1.807) is 0 Å². The van der Waals surface area contributed by atoms with E-state index in [0.29, 0.717) is 6.04 Å². The molecule has 2 nitrogen and oxygen atoms in total. The molecule has 0 fully saturated rings. The van der Waals surface area contributed by atoms with Crippen LogP contribution in [0.2, 0.25) is 5.02 Å². The fraction of sp³-hybridized carbons (Fsp3) is 0.312. The third-order valence-corrected chi connectivity index (χ3v) is 3.49. The number of benzene rings is 1. The molecule has 1 atom stereocenters. The SMILES string of the molecule is CCC(NCCc1ccncc1)c1ccc(Cl)cc1. The molecule has 1 unspecified atom stereocenters. The first-order chi connectivity index (χ1) is 9.29. The monoisotopic (exact) mass is 274 g/mol. The Hall–Kier alpha value is -1.38. The van der Waals surface area contributed by atoms with Crippen LogP contribution in [-0.2, 0) is 6.42 Å². The van der Waals surface area contributed by atoms with Gasteiger partial charge in [0, 0.05) is 23.5 Å². The Balaban J connectivity index is 1.87. The van der Waals surface area contributed by atoms with Crippen LogP contribution in [0.25, 0.3) is 0 Å². The molecule has 19 heavy (non-hydrogen) atoms. The first-order valence-corrected chi connectivity index (χ1v) is 7.05. The Morgan fingerprint density at radius 2 is 1.79 bits per heavy atom. The number of nitrogens with zero attached hydrogens (tertiary/aromatic N) is 1. The van der Waals surface area contributed by atoms with Gasteiger partial charge in [-0.1, -0.05) is 30.7 Å². The minimum atomic E-state index is 0.388. The summed E-state index contributed by atoms with van der Waals surface area (Å²) in [5.74, 6) is 0. The maximum atomic E-state index is 5.92. The van der Waals surface area contributed by atoms with Crippen molar-refractivity contribution in [2.45, 2.75) is 25.8 Å². The molecule has 0 bridgehead atoms. The third kappa shape index (κ3) is 4.34. The highest BCUT2D eigenvalue weighted by atomic mass is 35.5. The zero-order chi connectivity index (χ0) is 13.5. The Bertz CT molecular complexity index is 482. The molecule has 0 aliphatic heterocycles. The van der Waals surface area contributed by atoms with Gasteiger partial charge in [0.05, 0.1) is 0 Å². The number of rotatable bonds is 6. The van der Waals surface area contributed by atoms with Crippen LogP contribution in [0.15, 0.2) is 48.8 Å². The highest BCUT2D eigenvalue weighted by Gasteiger charge is 2.07. The molecule has 0 amide bonds. The number of nitrogens with one attached hydrogen (secondary N) is 1. The van der Waals surface area contributed by atoms with Crippen molar-refractivity contribution in [1.82, 2.24) is 10.3 Å². The number of hydrogen-bond donors (Lipinski definition) is 1. The minimum absolute atomic E-state index is 0.388. The molecule has 1 aromatic heterocycles. The quantitative estimate of drug-likeness (QED) is 0.861. The number of hydrogen-bond acceptors (Lipinski definition) is 2. The highest BCUT2D eigenvalue weighted by Crippen LogP contribution is 2.19. The predicted molar refractivity (Wildman–Crippen MR) is 80.4 cm³/mol. The molecule has 0 aliphatic rings.